The van der Waals surface area contributed by atoms with Crippen LogP contribution in [0.5, 0.6) is 0 Å². The highest BCUT2D eigenvalue weighted by Gasteiger charge is 2.25. The summed E-state index contributed by atoms with van der Waals surface area (Å²) < 4.78 is 3.37. The van der Waals surface area contributed by atoms with Crippen LogP contribution in [0.15, 0.2) is 17.2 Å². The van der Waals surface area contributed by atoms with Crippen molar-refractivity contribution >= 4 is 0 Å². The number of rotatable bonds is 4. The van der Waals surface area contributed by atoms with E-state index in [9.17, 15) is 9.90 Å². The van der Waals surface area contributed by atoms with Crippen molar-refractivity contribution < 1.29 is 5.11 Å². The number of hydrogen-bond acceptors (Lipinski definition) is 2. The third kappa shape index (κ3) is 2.15. The molecule has 1 N–H and O–H groups in total. The first-order chi connectivity index (χ1) is 7.09. The molecule has 1 unspecified atom stereocenters. The van der Waals surface area contributed by atoms with Gasteiger partial charge in [0.15, 0.2) is 0 Å². The molecule has 0 bridgehead atoms. The third-order valence-electron chi connectivity index (χ3n) is 2.97. The standard InChI is InChI=1S/C11H18N2O2/c1-8(2)10(14)7-12-5-6-13(11(12)15)9-3-4-9/h5-6,8-10,14H,3-4,7H2,1-2H3. The van der Waals surface area contributed by atoms with E-state index in [4.69, 9.17) is 0 Å². The van der Waals surface area contributed by atoms with Gasteiger partial charge in [-0.3, -0.25) is 9.13 Å². The summed E-state index contributed by atoms with van der Waals surface area (Å²) in [6.45, 7) is 4.30. The van der Waals surface area contributed by atoms with E-state index < -0.39 is 6.10 Å². The van der Waals surface area contributed by atoms with Crippen molar-refractivity contribution in [2.75, 3.05) is 0 Å². The van der Waals surface area contributed by atoms with Crippen LogP contribution in [0.4, 0.5) is 0 Å². The Balaban J connectivity index is 2.12. The Morgan fingerprint density at radius 2 is 2.13 bits per heavy atom. The summed E-state index contributed by atoms with van der Waals surface area (Å²) in [5, 5.41) is 9.70. The van der Waals surface area contributed by atoms with Gasteiger partial charge in [-0.25, -0.2) is 4.79 Å². The average Bonchev–Trinajstić information content (AvgIpc) is 2.95. The van der Waals surface area contributed by atoms with Crippen molar-refractivity contribution in [3.05, 3.63) is 22.9 Å². The van der Waals surface area contributed by atoms with Gasteiger partial charge >= 0.3 is 5.69 Å². The van der Waals surface area contributed by atoms with Gasteiger partial charge in [0, 0.05) is 18.4 Å². The number of imidazole rings is 1. The van der Waals surface area contributed by atoms with Crippen molar-refractivity contribution in [3.63, 3.8) is 0 Å². The molecule has 0 radical (unpaired) electrons. The number of aliphatic hydroxyl groups is 1. The molecule has 0 aliphatic heterocycles. The molecule has 1 aromatic heterocycles. The molecule has 4 heteroatoms. The van der Waals surface area contributed by atoms with Gasteiger partial charge in [0.2, 0.25) is 0 Å². The molecular weight excluding hydrogens is 192 g/mol. The Morgan fingerprint density at radius 1 is 1.47 bits per heavy atom. The van der Waals surface area contributed by atoms with Crippen LogP contribution in [0, 0.1) is 5.92 Å². The number of nitrogens with zero attached hydrogens (tertiary/aromatic N) is 2. The molecule has 2 rings (SSSR count). The van der Waals surface area contributed by atoms with Crippen molar-refractivity contribution in [3.8, 4) is 0 Å². The maximum Gasteiger partial charge on any atom is 0.328 e. The van der Waals surface area contributed by atoms with E-state index in [1.165, 1.54) is 0 Å². The van der Waals surface area contributed by atoms with Crippen LogP contribution in [0.25, 0.3) is 0 Å². The first-order valence-corrected chi connectivity index (χ1v) is 5.55. The second-order valence-electron chi connectivity index (χ2n) is 4.68. The maximum absolute atomic E-state index is 11.8. The molecule has 15 heavy (non-hydrogen) atoms. The van der Waals surface area contributed by atoms with Crippen LogP contribution in [0.2, 0.25) is 0 Å². The van der Waals surface area contributed by atoms with Crippen LogP contribution in [0.3, 0.4) is 0 Å². The largest absolute Gasteiger partial charge is 0.391 e. The van der Waals surface area contributed by atoms with Gasteiger partial charge in [0.05, 0.1) is 12.6 Å². The van der Waals surface area contributed by atoms with E-state index in [0.29, 0.717) is 12.6 Å². The molecule has 84 valence electrons. The lowest BCUT2D eigenvalue weighted by atomic mass is 10.1. The first kappa shape index (κ1) is 10.5. The Hall–Kier alpha value is -1.03. The Labute approximate surface area is 89.1 Å². The Bertz CT molecular complexity index is 388. The average molecular weight is 210 g/mol. The molecule has 1 aromatic rings. The quantitative estimate of drug-likeness (QED) is 0.806. The lowest BCUT2D eigenvalue weighted by Crippen LogP contribution is -2.30. The fraction of sp³-hybridized carbons (Fsp3) is 0.727. The van der Waals surface area contributed by atoms with E-state index in [0.717, 1.165) is 12.8 Å². The second-order valence-corrected chi connectivity index (χ2v) is 4.68. The highest BCUT2D eigenvalue weighted by atomic mass is 16.3. The predicted molar refractivity (Wildman–Crippen MR) is 57.8 cm³/mol. The van der Waals surface area contributed by atoms with Crippen molar-refractivity contribution in [1.29, 1.82) is 0 Å². The molecule has 1 aliphatic carbocycles. The molecular formula is C11H18N2O2. The van der Waals surface area contributed by atoms with E-state index in [1.807, 2.05) is 20.0 Å². The number of aliphatic hydroxyl groups excluding tert-OH is 1. The fourth-order valence-corrected chi connectivity index (χ4v) is 1.61. The zero-order valence-electron chi connectivity index (χ0n) is 9.26. The molecule has 1 aliphatic rings. The van der Waals surface area contributed by atoms with Gasteiger partial charge in [-0.05, 0) is 18.8 Å². The molecule has 0 amide bonds. The van der Waals surface area contributed by atoms with Crippen LogP contribution in [0.1, 0.15) is 32.7 Å². The summed E-state index contributed by atoms with van der Waals surface area (Å²) in [4.78, 5) is 11.8. The van der Waals surface area contributed by atoms with Gasteiger partial charge in [0.1, 0.15) is 0 Å². The lowest BCUT2D eigenvalue weighted by molar-refractivity contribution is 0.105. The second kappa shape index (κ2) is 3.85. The minimum atomic E-state index is -0.447. The van der Waals surface area contributed by atoms with Gasteiger partial charge < -0.3 is 5.11 Å². The number of hydrogen-bond donors (Lipinski definition) is 1. The minimum absolute atomic E-state index is 0.0113. The van der Waals surface area contributed by atoms with Gasteiger partial charge in [-0.15, -0.1) is 0 Å². The smallest absolute Gasteiger partial charge is 0.328 e. The summed E-state index contributed by atoms with van der Waals surface area (Å²) in [6.07, 6.45) is 5.37. The van der Waals surface area contributed by atoms with Crippen LogP contribution >= 0.6 is 0 Å². The van der Waals surface area contributed by atoms with Gasteiger partial charge in [-0.2, -0.15) is 0 Å². The maximum atomic E-state index is 11.8. The van der Waals surface area contributed by atoms with E-state index in [1.54, 1.807) is 15.3 Å². The topological polar surface area (TPSA) is 47.2 Å². The molecule has 0 aromatic carbocycles. The lowest BCUT2D eigenvalue weighted by Gasteiger charge is -2.13. The Morgan fingerprint density at radius 3 is 2.67 bits per heavy atom. The normalized spacial score (nSPS) is 18.4. The third-order valence-corrected chi connectivity index (χ3v) is 2.97. The van der Waals surface area contributed by atoms with E-state index in [-0.39, 0.29) is 11.6 Å². The minimum Gasteiger partial charge on any atom is -0.391 e. The number of aromatic nitrogens is 2. The summed E-state index contributed by atoms with van der Waals surface area (Å²) in [7, 11) is 0. The Kier molecular flexibility index (Phi) is 2.69. The fourth-order valence-electron chi connectivity index (χ4n) is 1.61. The molecule has 1 atom stereocenters. The summed E-state index contributed by atoms with van der Waals surface area (Å²) in [6, 6.07) is 0.412. The van der Waals surface area contributed by atoms with Crippen molar-refractivity contribution in [2.45, 2.75) is 45.4 Å². The molecule has 1 saturated carbocycles. The highest BCUT2D eigenvalue weighted by Crippen LogP contribution is 2.33. The molecule has 0 saturated heterocycles. The van der Waals surface area contributed by atoms with E-state index >= 15 is 0 Å². The first-order valence-electron chi connectivity index (χ1n) is 5.55. The monoisotopic (exact) mass is 210 g/mol. The molecule has 1 fully saturated rings. The zero-order chi connectivity index (χ0) is 11.0. The zero-order valence-corrected chi connectivity index (χ0v) is 9.26. The SMILES string of the molecule is CC(C)C(O)Cn1ccn(C2CC2)c1=O. The van der Waals surface area contributed by atoms with Crippen molar-refractivity contribution in [1.82, 2.24) is 9.13 Å². The summed E-state index contributed by atoms with van der Waals surface area (Å²) >= 11 is 0. The molecule has 0 spiro atoms. The molecule has 1 heterocycles. The van der Waals surface area contributed by atoms with Crippen LogP contribution in [-0.4, -0.2) is 20.3 Å². The summed E-state index contributed by atoms with van der Waals surface area (Å²) in [5.74, 6) is 0.182. The predicted octanol–water partition coefficient (Wildman–Crippen LogP) is 1.00. The van der Waals surface area contributed by atoms with Crippen LogP contribution in [-0.2, 0) is 6.54 Å². The summed E-state index contributed by atoms with van der Waals surface area (Å²) in [5.41, 5.74) is 0.0113. The van der Waals surface area contributed by atoms with E-state index in [2.05, 4.69) is 0 Å². The highest BCUT2D eigenvalue weighted by molar-refractivity contribution is 4.91. The van der Waals surface area contributed by atoms with Gasteiger partial charge in [-0.1, -0.05) is 13.8 Å². The van der Waals surface area contributed by atoms with Crippen LogP contribution < -0.4 is 5.69 Å². The molecule has 4 nitrogen and oxygen atoms in total. The van der Waals surface area contributed by atoms with Crippen molar-refractivity contribution in [2.24, 2.45) is 5.92 Å². The van der Waals surface area contributed by atoms with Gasteiger partial charge in [0.25, 0.3) is 0 Å².